The maximum absolute atomic E-state index is 11.6. The van der Waals surface area contributed by atoms with E-state index in [2.05, 4.69) is 0 Å². The molecule has 0 saturated carbocycles. The number of esters is 1. The lowest BCUT2D eigenvalue weighted by Crippen LogP contribution is -2.32. The number of carbonyl (C=O) groups is 1. The van der Waals surface area contributed by atoms with Gasteiger partial charge in [0, 0.05) is 0 Å². The van der Waals surface area contributed by atoms with E-state index < -0.39 is 11.7 Å². The van der Waals surface area contributed by atoms with Gasteiger partial charge in [0.15, 0.2) is 6.10 Å². The van der Waals surface area contributed by atoms with E-state index in [9.17, 15) is 4.79 Å². The zero-order valence-electron chi connectivity index (χ0n) is 12.1. The second-order valence-corrected chi connectivity index (χ2v) is 6.01. The Bertz CT molecular complexity index is 235. The molecule has 0 fully saturated rings. The van der Waals surface area contributed by atoms with E-state index in [4.69, 9.17) is 14.2 Å². The molecule has 17 heavy (non-hydrogen) atoms. The van der Waals surface area contributed by atoms with Gasteiger partial charge in [-0.3, -0.25) is 0 Å². The molecule has 0 N–H and O–H groups in total. The van der Waals surface area contributed by atoms with Gasteiger partial charge in [-0.1, -0.05) is 0 Å². The van der Waals surface area contributed by atoms with Crippen molar-refractivity contribution in [2.24, 2.45) is 0 Å². The monoisotopic (exact) mass is 246 g/mol. The van der Waals surface area contributed by atoms with Gasteiger partial charge in [-0.2, -0.15) is 0 Å². The number of ether oxygens (including phenoxy) is 3. The van der Waals surface area contributed by atoms with Crippen molar-refractivity contribution >= 4 is 5.97 Å². The molecule has 0 rings (SSSR count). The van der Waals surface area contributed by atoms with Gasteiger partial charge < -0.3 is 14.2 Å². The normalized spacial score (nSPS) is 14.5. The fraction of sp³-hybridized carbons (Fsp3) is 0.923. The first kappa shape index (κ1) is 16.4. The Hall–Kier alpha value is -0.610. The second-order valence-electron chi connectivity index (χ2n) is 6.01. The molecule has 1 unspecified atom stereocenters. The average molecular weight is 246 g/mol. The molecule has 4 nitrogen and oxygen atoms in total. The van der Waals surface area contributed by atoms with E-state index in [1.807, 2.05) is 41.5 Å². The quantitative estimate of drug-likeness (QED) is 0.552. The topological polar surface area (TPSA) is 44.8 Å². The Morgan fingerprint density at radius 3 is 1.94 bits per heavy atom. The van der Waals surface area contributed by atoms with Crippen LogP contribution in [0.1, 0.15) is 48.5 Å². The Balaban J connectivity index is 3.80. The minimum absolute atomic E-state index is 0.182. The highest BCUT2D eigenvalue weighted by Crippen LogP contribution is 2.10. The van der Waals surface area contributed by atoms with Crippen molar-refractivity contribution in [1.29, 1.82) is 0 Å². The third-order valence-corrected chi connectivity index (χ3v) is 1.72. The van der Waals surface area contributed by atoms with Crippen LogP contribution in [0.2, 0.25) is 0 Å². The summed E-state index contributed by atoms with van der Waals surface area (Å²) in [7, 11) is 0. The summed E-state index contributed by atoms with van der Waals surface area (Å²) >= 11 is 0. The smallest absolute Gasteiger partial charge is 0.335 e. The molecule has 0 heterocycles. The molecule has 4 heteroatoms. The second kappa shape index (κ2) is 6.36. The van der Waals surface area contributed by atoms with Crippen LogP contribution in [0, 0.1) is 0 Å². The first-order valence-electron chi connectivity index (χ1n) is 6.00. The van der Waals surface area contributed by atoms with Crippen LogP contribution < -0.4 is 0 Å². The first-order valence-corrected chi connectivity index (χ1v) is 6.00. The van der Waals surface area contributed by atoms with Crippen molar-refractivity contribution in [1.82, 2.24) is 0 Å². The molecule has 0 aromatic rings. The molecule has 0 aliphatic heterocycles. The van der Waals surface area contributed by atoms with Crippen LogP contribution >= 0.6 is 0 Å². The summed E-state index contributed by atoms with van der Waals surface area (Å²) < 4.78 is 16.0. The minimum atomic E-state index is -0.558. The summed E-state index contributed by atoms with van der Waals surface area (Å²) in [6.07, 6.45) is -0.558. The third-order valence-electron chi connectivity index (χ3n) is 1.72. The molecule has 0 bridgehead atoms. The van der Waals surface area contributed by atoms with Crippen molar-refractivity contribution in [3.63, 3.8) is 0 Å². The summed E-state index contributed by atoms with van der Waals surface area (Å²) in [5.41, 5.74) is -0.658. The first-order chi connectivity index (χ1) is 7.51. The largest absolute Gasteiger partial charge is 0.458 e. The predicted octanol–water partition coefficient (Wildman–Crippen LogP) is 2.55. The standard InChI is InChI=1S/C13H26O4/c1-10(11(14)17-13(5,6)7)15-8-9-16-12(2,3)4/h10H,8-9H2,1-7H3. The SMILES string of the molecule is CC(OCCOC(C)(C)C)C(=O)OC(C)(C)C. The van der Waals surface area contributed by atoms with Gasteiger partial charge in [-0.05, 0) is 48.5 Å². The Morgan fingerprint density at radius 1 is 1.00 bits per heavy atom. The van der Waals surface area contributed by atoms with Gasteiger partial charge in [0.05, 0.1) is 18.8 Å². The molecular weight excluding hydrogens is 220 g/mol. The fourth-order valence-corrected chi connectivity index (χ4v) is 1.03. The fourth-order valence-electron chi connectivity index (χ4n) is 1.03. The van der Waals surface area contributed by atoms with Gasteiger partial charge in [-0.25, -0.2) is 4.79 Å². The van der Waals surface area contributed by atoms with E-state index in [-0.39, 0.29) is 11.6 Å². The van der Waals surface area contributed by atoms with E-state index in [0.717, 1.165) is 0 Å². The van der Waals surface area contributed by atoms with Gasteiger partial charge in [0.2, 0.25) is 0 Å². The van der Waals surface area contributed by atoms with E-state index >= 15 is 0 Å². The van der Waals surface area contributed by atoms with Gasteiger partial charge in [0.1, 0.15) is 5.60 Å². The highest BCUT2D eigenvalue weighted by molar-refractivity contribution is 5.74. The predicted molar refractivity (Wildman–Crippen MR) is 67.0 cm³/mol. The zero-order chi connectivity index (χ0) is 13.7. The molecular formula is C13H26O4. The van der Waals surface area contributed by atoms with Crippen molar-refractivity contribution in [2.45, 2.75) is 65.8 Å². The van der Waals surface area contributed by atoms with E-state index in [1.54, 1.807) is 6.92 Å². The van der Waals surface area contributed by atoms with Gasteiger partial charge in [0.25, 0.3) is 0 Å². The maximum Gasteiger partial charge on any atom is 0.335 e. The van der Waals surface area contributed by atoms with Crippen molar-refractivity contribution in [2.75, 3.05) is 13.2 Å². The van der Waals surface area contributed by atoms with Gasteiger partial charge >= 0.3 is 5.97 Å². The molecule has 0 amide bonds. The highest BCUT2D eigenvalue weighted by atomic mass is 16.6. The Morgan fingerprint density at radius 2 is 1.53 bits per heavy atom. The Kier molecular flexibility index (Phi) is 6.13. The summed E-state index contributed by atoms with van der Waals surface area (Å²) in [4.78, 5) is 11.6. The van der Waals surface area contributed by atoms with Crippen LogP contribution in [0.3, 0.4) is 0 Å². The Labute approximate surface area is 105 Å². The zero-order valence-corrected chi connectivity index (χ0v) is 12.1. The number of carbonyl (C=O) groups excluding carboxylic acids is 1. The minimum Gasteiger partial charge on any atom is -0.458 e. The lowest BCUT2D eigenvalue weighted by Gasteiger charge is -2.23. The van der Waals surface area contributed by atoms with Crippen LogP contribution in [0.25, 0.3) is 0 Å². The van der Waals surface area contributed by atoms with Crippen LogP contribution in [-0.2, 0) is 19.0 Å². The summed E-state index contributed by atoms with van der Waals surface area (Å²) in [6.45, 7) is 14.0. The maximum atomic E-state index is 11.6. The molecule has 1 atom stereocenters. The summed E-state index contributed by atoms with van der Waals surface area (Å²) in [6, 6.07) is 0. The van der Waals surface area contributed by atoms with Crippen LogP contribution in [0.15, 0.2) is 0 Å². The molecule has 102 valence electrons. The molecule has 0 spiro atoms. The van der Waals surface area contributed by atoms with Crippen LogP contribution in [0.5, 0.6) is 0 Å². The lowest BCUT2D eigenvalue weighted by atomic mass is 10.2. The highest BCUT2D eigenvalue weighted by Gasteiger charge is 2.22. The summed E-state index contributed by atoms with van der Waals surface area (Å²) in [5, 5.41) is 0. The summed E-state index contributed by atoms with van der Waals surface area (Å²) in [5.74, 6) is -0.340. The van der Waals surface area contributed by atoms with Gasteiger partial charge in [-0.15, -0.1) is 0 Å². The van der Waals surface area contributed by atoms with Crippen molar-refractivity contribution in [3.8, 4) is 0 Å². The number of rotatable bonds is 5. The van der Waals surface area contributed by atoms with E-state index in [0.29, 0.717) is 13.2 Å². The average Bonchev–Trinajstić information content (AvgIpc) is 2.07. The molecule has 0 aromatic heterocycles. The van der Waals surface area contributed by atoms with E-state index in [1.165, 1.54) is 0 Å². The molecule has 0 radical (unpaired) electrons. The number of hydrogen-bond acceptors (Lipinski definition) is 4. The molecule has 0 aliphatic rings. The lowest BCUT2D eigenvalue weighted by molar-refractivity contribution is -0.168. The van der Waals surface area contributed by atoms with Crippen molar-refractivity contribution in [3.05, 3.63) is 0 Å². The third kappa shape index (κ3) is 10.3. The van der Waals surface area contributed by atoms with Crippen molar-refractivity contribution < 1.29 is 19.0 Å². The van der Waals surface area contributed by atoms with Crippen LogP contribution in [-0.4, -0.2) is 36.5 Å². The van der Waals surface area contributed by atoms with Crippen LogP contribution in [0.4, 0.5) is 0 Å². The molecule has 0 aliphatic carbocycles. The molecule has 0 saturated heterocycles. The number of hydrogen-bond donors (Lipinski definition) is 0. The molecule has 0 aromatic carbocycles.